The second kappa shape index (κ2) is 3.69. The van der Waals surface area contributed by atoms with E-state index in [-0.39, 0.29) is 0 Å². The number of aromatic hydroxyl groups is 2. The second-order valence-corrected chi connectivity index (χ2v) is 3.20. The van der Waals surface area contributed by atoms with Crippen LogP contribution in [0, 0.1) is 0 Å². The summed E-state index contributed by atoms with van der Waals surface area (Å²) in [4.78, 5) is 0. The summed E-state index contributed by atoms with van der Waals surface area (Å²) in [6.07, 6.45) is 0. The van der Waals surface area contributed by atoms with Crippen molar-refractivity contribution >= 4 is 0 Å². The molecule has 16 heavy (non-hydrogen) atoms. The summed E-state index contributed by atoms with van der Waals surface area (Å²) in [5.74, 6) is -3.87. The molecule has 0 fully saturated rings. The first-order valence-electron chi connectivity index (χ1n) is 13.9. The minimum atomic E-state index is -4.28. The average molecular weight is 242 g/mol. The number of benzene rings is 1. The number of phenols is 2. The Labute approximate surface area is 126 Å². The standard InChI is InChI=1S/C14H22O2/c1-13(2,3)9-7-10(14(4,5)6)12(16)11(15)8-9/h7-8,15-16H,1-6H3/i1D3,2D3,3D3,4D3,5D3,6D3,7D,8D. The van der Waals surface area contributed by atoms with Crippen molar-refractivity contribution in [2.75, 3.05) is 0 Å². The second-order valence-electron chi connectivity index (χ2n) is 3.20. The van der Waals surface area contributed by atoms with Crippen LogP contribution in [0.2, 0.25) is 0 Å². The van der Waals surface area contributed by atoms with Crippen molar-refractivity contribution in [3.63, 3.8) is 0 Å². The van der Waals surface area contributed by atoms with E-state index in [4.69, 9.17) is 27.4 Å². The fraction of sp³-hybridized carbons (Fsp3) is 0.571. The molecule has 0 atom stereocenters. The lowest BCUT2D eigenvalue weighted by Crippen LogP contribution is -2.16. The van der Waals surface area contributed by atoms with Crippen LogP contribution in [0.1, 0.15) is 79.7 Å². The fourth-order valence-electron chi connectivity index (χ4n) is 0.970. The third-order valence-corrected chi connectivity index (χ3v) is 1.70. The van der Waals surface area contributed by atoms with E-state index < -0.39 is 86.7 Å². The van der Waals surface area contributed by atoms with Gasteiger partial charge in [0, 0.05) is 30.2 Å². The van der Waals surface area contributed by atoms with Gasteiger partial charge in [-0.05, 0) is 22.4 Å². The molecule has 0 saturated heterocycles. The minimum Gasteiger partial charge on any atom is -0.504 e. The average Bonchev–Trinajstić information content (AvgIpc) is 2.53. The smallest absolute Gasteiger partial charge is 0.161 e. The minimum absolute atomic E-state index is 1.76. The van der Waals surface area contributed by atoms with E-state index >= 15 is 0 Å². The van der Waals surface area contributed by atoms with Crippen molar-refractivity contribution in [1.82, 2.24) is 0 Å². The Morgan fingerprint density at radius 3 is 2.06 bits per heavy atom. The molecule has 0 aliphatic rings. The van der Waals surface area contributed by atoms with Gasteiger partial charge in [0.05, 0.1) is 2.74 Å². The van der Waals surface area contributed by atoms with Gasteiger partial charge in [-0.1, -0.05) is 47.2 Å². The van der Waals surface area contributed by atoms with Gasteiger partial charge < -0.3 is 10.2 Å². The van der Waals surface area contributed by atoms with Crippen molar-refractivity contribution in [2.24, 2.45) is 0 Å². The molecule has 0 unspecified atom stereocenters. The maximum atomic E-state index is 10.5. The molecular formula is C14H22O2. The highest BCUT2D eigenvalue weighted by Gasteiger charge is 2.24. The van der Waals surface area contributed by atoms with E-state index in [1.807, 2.05) is 0 Å². The largest absolute Gasteiger partial charge is 0.504 e. The molecule has 0 radical (unpaired) electrons. The van der Waals surface area contributed by atoms with Gasteiger partial charge in [0.25, 0.3) is 0 Å². The zero-order chi connectivity index (χ0) is 29.5. The fourth-order valence-corrected chi connectivity index (χ4v) is 0.970. The molecule has 2 heteroatoms. The first kappa shape index (κ1) is 2.33. The maximum absolute atomic E-state index is 10.5. The number of hydrogen-bond acceptors (Lipinski definition) is 2. The predicted octanol–water partition coefficient (Wildman–Crippen LogP) is 3.69. The Balaban J connectivity index is 4.89. The van der Waals surface area contributed by atoms with Gasteiger partial charge in [-0.25, -0.2) is 0 Å². The molecular weight excluding hydrogens is 200 g/mol. The molecule has 90 valence electrons. The molecule has 0 aliphatic carbocycles. The van der Waals surface area contributed by atoms with Gasteiger partial charge >= 0.3 is 0 Å². The van der Waals surface area contributed by atoms with Gasteiger partial charge in [-0.2, -0.15) is 0 Å². The van der Waals surface area contributed by atoms with E-state index in [2.05, 4.69) is 0 Å². The first-order chi connectivity index (χ1) is 15.4. The lowest BCUT2D eigenvalue weighted by molar-refractivity contribution is 0.386. The van der Waals surface area contributed by atoms with Crippen LogP contribution in [0.4, 0.5) is 0 Å². The van der Waals surface area contributed by atoms with Gasteiger partial charge in [-0.15, -0.1) is 0 Å². The van der Waals surface area contributed by atoms with E-state index in [1.54, 1.807) is 0 Å². The lowest BCUT2D eigenvalue weighted by Gasteiger charge is -2.26. The van der Waals surface area contributed by atoms with E-state index in [1.165, 1.54) is 0 Å². The summed E-state index contributed by atoms with van der Waals surface area (Å²) >= 11 is 0. The number of phenolic OH excluding ortho intramolecular Hbond substituents is 2. The van der Waals surface area contributed by atoms with E-state index in [9.17, 15) is 10.2 Å². The van der Waals surface area contributed by atoms with Crippen LogP contribution < -0.4 is 0 Å². The molecule has 1 aromatic rings. The van der Waals surface area contributed by atoms with Gasteiger partial charge in [0.15, 0.2) is 11.5 Å². The zero-order valence-corrected chi connectivity index (χ0v) is 7.89. The van der Waals surface area contributed by atoms with Crippen molar-refractivity contribution in [3.05, 3.63) is 23.2 Å². The molecule has 0 heterocycles. The maximum Gasteiger partial charge on any atom is 0.161 e. The van der Waals surface area contributed by atoms with Crippen LogP contribution in [0.5, 0.6) is 11.5 Å². The van der Waals surface area contributed by atoms with E-state index in [0.29, 0.717) is 0 Å². The predicted molar refractivity (Wildman–Crippen MR) is 67.2 cm³/mol. The summed E-state index contributed by atoms with van der Waals surface area (Å²) in [5, 5.41) is 20.9. The van der Waals surface area contributed by atoms with Crippen LogP contribution >= 0.6 is 0 Å². The van der Waals surface area contributed by atoms with Crippen LogP contribution in [-0.4, -0.2) is 10.2 Å². The van der Waals surface area contributed by atoms with E-state index in [0.717, 1.165) is 0 Å². The Morgan fingerprint density at radius 1 is 1.00 bits per heavy atom. The van der Waals surface area contributed by atoms with Crippen molar-refractivity contribution in [3.8, 4) is 11.5 Å². The van der Waals surface area contributed by atoms with Crippen LogP contribution in [0.3, 0.4) is 0 Å². The Kier molecular flexibility index (Phi) is 0.538. The summed E-state index contributed by atoms with van der Waals surface area (Å²) in [5.41, 5.74) is -12.4. The molecule has 0 bridgehead atoms. The Morgan fingerprint density at radius 2 is 1.56 bits per heavy atom. The molecule has 0 aliphatic heterocycles. The highest BCUT2D eigenvalue weighted by atomic mass is 16.3. The Hall–Kier alpha value is -1.18. The molecule has 2 nitrogen and oxygen atoms in total. The highest BCUT2D eigenvalue weighted by Crippen LogP contribution is 2.40. The van der Waals surface area contributed by atoms with Crippen molar-refractivity contribution in [2.45, 2.75) is 51.9 Å². The van der Waals surface area contributed by atoms with Crippen LogP contribution in [0.15, 0.2) is 12.1 Å². The summed E-state index contributed by atoms with van der Waals surface area (Å²) in [7, 11) is 0. The molecule has 0 spiro atoms. The van der Waals surface area contributed by atoms with Gasteiger partial charge in [-0.3, -0.25) is 0 Å². The quantitative estimate of drug-likeness (QED) is 0.681. The number of hydrogen-bond donors (Lipinski definition) is 2. The molecule has 1 aromatic carbocycles. The molecule has 0 saturated carbocycles. The van der Waals surface area contributed by atoms with Gasteiger partial charge in [0.1, 0.15) is 0 Å². The number of rotatable bonds is 0. The SMILES string of the molecule is [2H]c1c(O)c(O)c(C(C([2H])([2H])[2H])(C([2H])([2H])[2H])C([2H])([2H])[2H])c([2H])c1C(C([2H])([2H])[2H])(C([2H])([2H])[2H])C([2H])([2H])[2H]. The van der Waals surface area contributed by atoms with Crippen molar-refractivity contribution in [1.29, 1.82) is 0 Å². The lowest BCUT2D eigenvalue weighted by atomic mass is 9.80. The summed E-state index contributed by atoms with van der Waals surface area (Å²) < 4.78 is 156. The summed E-state index contributed by atoms with van der Waals surface area (Å²) in [6, 6.07) is -3.73. The van der Waals surface area contributed by atoms with Crippen LogP contribution in [-0.2, 0) is 10.8 Å². The third-order valence-electron chi connectivity index (χ3n) is 1.70. The monoisotopic (exact) mass is 242 g/mol. The highest BCUT2D eigenvalue weighted by molar-refractivity contribution is 5.51. The summed E-state index contributed by atoms with van der Waals surface area (Å²) in [6.45, 7) is -25.1. The first-order valence-corrected chi connectivity index (χ1v) is 3.95. The topological polar surface area (TPSA) is 40.5 Å². The van der Waals surface area contributed by atoms with Gasteiger partial charge in [0.2, 0.25) is 0 Å². The third kappa shape index (κ3) is 2.49. The Bertz CT molecular complexity index is 850. The van der Waals surface area contributed by atoms with Crippen LogP contribution in [0.25, 0.3) is 0 Å². The molecule has 1 rings (SSSR count). The zero-order valence-electron chi connectivity index (χ0n) is 27.9. The molecule has 2 N–H and O–H groups in total. The molecule has 0 amide bonds. The molecule has 0 aromatic heterocycles. The normalized spacial score (nSPS) is 36.0. The van der Waals surface area contributed by atoms with Crippen molar-refractivity contribution < 1.29 is 37.6 Å².